The van der Waals surface area contributed by atoms with Crippen LogP contribution in [-0.4, -0.2) is 20.7 Å². The van der Waals surface area contributed by atoms with Crippen molar-refractivity contribution in [2.24, 2.45) is 0 Å². The van der Waals surface area contributed by atoms with E-state index in [0.29, 0.717) is 13.0 Å². The molecule has 6 heteroatoms. The molecule has 0 N–H and O–H groups in total. The summed E-state index contributed by atoms with van der Waals surface area (Å²) in [6.45, 7) is 4.66. The van der Waals surface area contributed by atoms with Gasteiger partial charge in [0.2, 0.25) is 0 Å². The van der Waals surface area contributed by atoms with Crippen molar-refractivity contribution in [2.75, 3.05) is 0 Å². The van der Waals surface area contributed by atoms with E-state index < -0.39 is 0 Å². The smallest absolute Gasteiger partial charge is 0.308 e. The van der Waals surface area contributed by atoms with Gasteiger partial charge in [0.1, 0.15) is 11.6 Å². The molecule has 3 aromatic rings. The molecule has 0 amide bonds. The Morgan fingerprint density at radius 3 is 2.75 bits per heavy atom. The Kier molecular flexibility index (Phi) is 5.05. The molecule has 2 heterocycles. The van der Waals surface area contributed by atoms with Crippen molar-refractivity contribution < 1.29 is 9.53 Å². The van der Waals surface area contributed by atoms with Crippen LogP contribution in [0, 0.1) is 13.8 Å². The van der Waals surface area contributed by atoms with Gasteiger partial charge in [0, 0.05) is 16.6 Å². The Morgan fingerprint density at radius 2 is 2.04 bits per heavy atom. The lowest BCUT2D eigenvalue weighted by atomic mass is 10.2. The first-order chi connectivity index (χ1) is 11.6. The number of thiazole rings is 1. The van der Waals surface area contributed by atoms with Gasteiger partial charge in [-0.2, -0.15) is 5.10 Å². The molecular formula is C18H19N3O2S. The number of aromatic nitrogens is 3. The Balaban J connectivity index is 1.50. The largest absolute Gasteiger partial charge is 0.459 e. The maximum absolute atomic E-state index is 11.9. The highest BCUT2D eigenvalue weighted by Crippen LogP contribution is 2.23. The Hall–Kier alpha value is -2.47. The molecular weight excluding hydrogens is 322 g/mol. The zero-order valence-electron chi connectivity index (χ0n) is 13.7. The van der Waals surface area contributed by atoms with Crippen LogP contribution in [-0.2, 0) is 22.7 Å². The van der Waals surface area contributed by atoms with Crippen molar-refractivity contribution in [3.05, 3.63) is 58.9 Å². The molecule has 0 aliphatic carbocycles. The van der Waals surface area contributed by atoms with Crippen molar-refractivity contribution in [2.45, 2.75) is 33.4 Å². The lowest BCUT2D eigenvalue weighted by molar-refractivity contribution is -0.145. The highest BCUT2D eigenvalue weighted by atomic mass is 32.1. The lowest BCUT2D eigenvalue weighted by Gasteiger charge is -2.05. The molecule has 0 radical (unpaired) electrons. The quantitative estimate of drug-likeness (QED) is 0.641. The number of benzene rings is 1. The van der Waals surface area contributed by atoms with E-state index in [-0.39, 0.29) is 12.6 Å². The summed E-state index contributed by atoms with van der Waals surface area (Å²) in [6.07, 6.45) is 0.303. The number of ether oxygens (including phenoxy) is 1. The van der Waals surface area contributed by atoms with Crippen molar-refractivity contribution in [1.82, 2.24) is 14.8 Å². The summed E-state index contributed by atoms with van der Waals surface area (Å²) in [5, 5.41) is 7.20. The Morgan fingerprint density at radius 1 is 1.25 bits per heavy atom. The van der Waals surface area contributed by atoms with Crippen LogP contribution in [0.15, 0.2) is 41.8 Å². The van der Waals surface area contributed by atoms with E-state index in [1.165, 1.54) is 0 Å². The zero-order chi connectivity index (χ0) is 16.9. The van der Waals surface area contributed by atoms with Crippen molar-refractivity contribution >= 4 is 17.3 Å². The molecule has 3 rings (SSSR count). The molecule has 0 bridgehead atoms. The van der Waals surface area contributed by atoms with Crippen LogP contribution in [0.2, 0.25) is 0 Å². The molecule has 0 aliphatic rings. The van der Waals surface area contributed by atoms with E-state index in [0.717, 1.165) is 27.7 Å². The number of esters is 1. The summed E-state index contributed by atoms with van der Waals surface area (Å²) < 4.78 is 7.14. The molecule has 0 saturated carbocycles. The number of hydrogen-bond donors (Lipinski definition) is 0. The number of rotatable bonds is 6. The number of hydrogen-bond acceptors (Lipinski definition) is 5. The van der Waals surface area contributed by atoms with Crippen molar-refractivity contribution in [3.63, 3.8) is 0 Å². The number of nitrogens with zero attached hydrogens (tertiary/aromatic N) is 3. The number of carbonyl (C=O) groups is 1. The molecule has 0 fully saturated rings. The predicted octanol–water partition coefficient (Wildman–Crippen LogP) is 3.76. The normalized spacial score (nSPS) is 10.8. The van der Waals surface area contributed by atoms with Crippen LogP contribution in [0.4, 0.5) is 0 Å². The second-order valence-electron chi connectivity index (χ2n) is 5.57. The van der Waals surface area contributed by atoms with Crippen LogP contribution < -0.4 is 0 Å². The minimum absolute atomic E-state index is 0.208. The zero-order valence-corrected chi connectivity index (χ0v) is 14.5. The van der Waals surface area contributed by atoms with Crippen LogP contribution in [0.25, 0.3) is 10.6 Å². The van der Waals surface area contributed by atoms with E-state index >= 15 is 0 Å². The molecule has 2 aromatic heterocycles. The summed E-state index contributed by atoms with van der Waals surface area (Å²) in [4.78, 5) is 16.4. The SMILES string of the molecule is Cc1cc(C)n(CCC(=O)OCc2csc(-c3ccccc3)n2)n1. The van der Waals surface area contributed by atoms with Gasteiger partial charge in [-0.1, -0.05) is 30.3 Å². The summed E-state index contributed by atoms with van der Waals surface area (Å²) in [5.41, 5.74) is 3.85. The summed E-state index contributed by atoms with van der Waals surface area (Å²) >= 11 is 1.55. The van der Waals surface area contributed by atoms with Gasteiger partial charge >= 0.3 is 5.97 Å². The summed E-state index contributed by atoms with van der Waals surface area (Å²) in [5.74, 6) is -0.239. The van der Waals surface area contributed by atoms with Gasteiger partial charge in [-0.3, -0.25) is 9.48 Å². The first-order valence-corrected chi connectivity index (χ1v) is 8.66. The fraction of sp³-hybridized carbons (Fsp3) is 0.278. The third-order valence-corrected chi connectivity index (χ3v) is 4.52. The Labute approximate surface area is 144 Å². The molecule has 1 aromatic carbocycles. The third kappa shape index (κ3) is 4.08. The average molecular weight is 341 g/mol. The number of carbonyl (C=O) groups excluding carboxylic acids is 1. The molecule has 0 unspecified atom stereocenters. The number of aryl methyl sites for hydroxylation is 3. The fourth-order valence-electron chi connectivity index (χ4n) is 2.41. The van der Waals surface area contributed by atoms with Gasteiger partial charge in [-0.25, -0.2) is 4.98 Å². The summed E-state index contributed by atoms with van der Waals surface area (Å²) in [7, 11) is 0. The molecule has 0 aliphatic heterocycles. The third-order valence-electron chi connectivity index (χ3n) is 3.58. The van der Waals surface area contributed by atoms with E-state index in [1.54, 1.807) is 11.3 Å². The molecule has 24 heavy (non-hydrogen) atoms. The predicted molar refractivity (Wildman–Crippen MR) is 93.7 cm³/mol. The maximum Gasteiger partial charge on any atom is 0.308 e. The fourth-order valence-corrected chi connectivity index (χ4v) is 3.22. The standard InChI is InChI=1S/C18H19N3O2S/c1-13-10-14(2)21(20-13)9-8-17(22)23-11-16-12-24-18(19-16)15-6-4-3-5-7-15/h3-7,10,12H,8-9,11H2,1-2H3. The van der Waals surface area contributed by atoms with Crippen molar-refractivity contribution in [1.29, 1.82) is 0 Å². The van der Waals surface area contributed by atoms with Gasteiger partial charge in [0.25, 0.3) is 0 Å². The van der Waals surface area contributed by atoms with E-state index in [1.807, 2.05) is 60.3 Å². The monoisotopic (exact) mass is 341 g/mol. The van der Waals surface area contributed by atoms with Gasteiger partial charge in [0.15, 0.2) is 0 Å². The van der Waals surface area contributed by atoms with Crippen LogP contribution >= 0.6 is 11.3 Å². The molecule has 0 spiro atoms. The molecule has 0 saturated heterocycles. The Bertz CT molecular complexity index is 824. The summed E-state index contributed by atoms with van der Waals surface area (Å²) in [6, 6.07) is 12.0. The van der Waals surface area contributed by atoms with Gasteiger partial charge in [0.05, 0.1) is 24.4 Å². The average Bonchev–Trinajstić information content (AvgIpc) is 3.18. The minimum Gasteiger partial charge on any atom is -0.459 e. The topological polar surface area (TPSA) is 57.0 Å². The maximum atomic E-state index is 11.9. The highest BCUT2D eigenvalue weighted by molar-refractivity contribution is 7.13. The van der Waals surface area contributed by atoms with Crippen molar-refractivity contribution in [3.8, 4) is 10.6 Å². The lowest BCUT2D eigenvalue weighted by Crippen LogP contribution is -2.11. The minimum atomic E-state index is -0.239. The molecule has 0 atom stereocenters. The first-order valence-electron chi connectivity index (χ1n) is 7.78. The van der Waals surface area contributed by atoms with Crippen LogP contribution in [0.5, 0.6) is 0 Å². The van der Waals surface area contributed by atoms with E-state index in [2.05, 4.69) is 10.1 Å². The highest BCUT2D eigenvalue weighted by Gasteiger charge is 2.09. The second-order valence-corrected chi connectivity index (χ2v) is 6.43. The molecule has 124 valence electrons. The molecule has 5 nitrogen and oxygen atoms in total. The first kappa shape index (κ1) is 16.4. The van der Waals surface area contributed by atoms with Gasteiger partial charge < -0.3 is 4.74 Å². The van der Waals surface area contributed by atoms with Gasteiger partial charge in [-0.05, 0) is 19.9 Å². The van der Waals surface area contributed by atoms with Gasteiger partial charge in [-0.15, -0.1) is 11.3 Å². The van der Waals surface area contributed by atoms with E-state index in [9.17, 15) is 4.79 Å². The van der Waals surface area contributed by atoms with Crippen LogP contribution in [0.3, 0.4) is 0 Å². The van der Waals surface area contributed by atoms with E-state index in [4.69, 9.17) is 4.74 Å². The van der Waals surface area contributed by atoms with Crippen LogP contribution in [0.1, 0.15) is 23.5 Å². The second kappa shape index (κ2) is 7.40.